The maximum atomic E-state index is 11.6. The summed E-state index contributed by atoms with van der Waals surface area (Å²) < 4.78 is 5.89. The molecule has 0 bridgehead atoms. The third-order valence-corrected chi connectivity index (χ3v) is 3.81. The molecule has 0 spiro atoms. The normalized spacial score (nSPS) is 22.3. The number of nitro benzene ring substituents is 1. The van der Waals surface area contributed by atoms with Crippen LogP contribution in [-0.4, -0.2) is 16.8 Å². The van der Waals surface area contributed by atoms with Crippen molar-refractivity contribution in [2.75, 3.05) is 0 Å². The van der Waals surface area contributed by atoms with Gasteiger partial charge in [-0.1, -0.05) is 6.92 Å². The SMILES string of the molecule is CC(=O)c1cc([N+](=O)[O-])ccc1OC1CCC(C)CC1. The standard InChI is InChI=1S/C15H19NO4/c1-10-3-6-13(7-4-10)20-15-8-5-12(16(18)19)9-14(15)11(2)17/h5,8-10,13H,3-4,6-7H2,1-2H3. The van der Waals surface area contributed by atoms with E-state index >= 15 is 0 Å². The van der Waals surface area contributed by atoms with Crippen LogP contribution in [0, 0.1) is 16.0 Å². The summed E-state index contributed by atoms with van der Waals surface area (Å²) >= 11 is 0. The number of rotatable bonds is 4. The third-order valence-electron chi connectivity index (χ3n) is 3.81. The molecule has 0 aromatic heterocycles. The van der Waals surface area contributed by atoms with Crippen LogP contribution in [0.5, 0.6) is 5.75 Å². The highest BCUT2D eigenvalue weighted by Gasteiger charge is 2.22. The summed E-state index contributed by atoms with van der Waals surface area (Å²) in [5, 5.41) is 10.8. The maximum Gasteiger partial charge on any atom is 0.270 e. The van der Waals surface area contributed by atoms with Crippen LogP contribution < -0.4 is 4.74 Å². The Hall–Kier alpha value is -1.91. The Labute approximate surface area is 118 Å². The fourth-order valence-electron chi connectivity index (χ4n) is 2.54. The summed E-state index contributed by atoms with van der Waals surface area (Å²) in [4.78, 5) is 21.9. The molecule has 1 aliphatic rings. The van der Waals surface area contributed by atoms with E-state index in [2.05, 4.69) is 6.92 Å². The third kappa shape index (κ3) is 3.35. The molecule has 5 nitrogen and oxygen atoms in total. The van der Waals surface area contributed by atoms with E-state index < -0.39 is 4.92 Å². The molecule has 2 rings (SSSR count). The lowest BCUT2D eigenvalue weighted by atomic mass is 9.89. The monoisotopic (exact) mass is 277 g/mol. The molecule has 108 valence electrons. The van der Waals surface area contributed by atoms with Gasteiger partial charge in [0.25, 0.3) is 5.69 Å². The minimum Gasteiger partial charge on any atom is -0.490 e. The molecule has 5 heteroatoms. The summed E-state index contributed by atoms with van der Waals surface area (Å²) in [5.74, 6) is 0.967. The Morgan fingerprint density at radius 2 is 1.95 bits per heavy atom. The molecule has 0 radical (unpaired) electrons. The van der Waals surface area contributed by atoms with Crippen LogP contribution >= 0.6 is 0 Å². The second-order valence-corrected chi connectivity index (χ2v) is 5.49. The molecule has 0 saturated heterocycles. The van der Waals surface area contributed by atoms with Gasteiger partial charge < -0.3 is 4.74 Å². The number of ether oxygens (including phenoxy) is 1. The lowest BCUT2D eigenvalue weighted by Crippen LogP contribution is -2.23. The van der Waals surface area contributed by atoms with Crippen molar-refractivity contribution < 1.29 is 14.5 Å². The average Bonchev–Trinajstić information content (AvgIpc) is 2.41. The van der Waals surface area contributed by atoms with E-state index in [0.717, 1.165) is 31.6 Å². The van der Waals surface area contributed by atoms with Crippen LogP contribution in [0.25, 0.3) is 0 Å². The highest BCUT2D eigenvalue weighted by atomic mass is 16.6. The topological polar surface area (TPSA) is 69.4 Å². The van der Waals surface area contributed by atoms with Gasteiger partial charge in [0, 0.05) is 12.1 Å². The van der Waals surface area contributed by atoms with Gasteiger partial charge in [0.15, 0.2) is 5.78 Å². The van der Waals surface area contributed by atoms with Gasteiger partial charge in [0.05, 0.1) is 16.6 Å². The van der Waals surface area contributed by atoms with Crippen molar-refractivity contribution in [2.24, 2.45) is 5.92 Å². The van der Waals surface area contributed by atoms with Gasteiger partial charge in [0.1, 0.15) is 5.75 Å². The molecule has 1 aromatic carbocycles. The van der Waals surface area contributed by atoms with Crippen LogP contribution in [0.15, 0.2) is 18.2 Å². The van der Waals surface area contributed by atoms with Gasteiger partial charge in [-0.15, -0.1) is 0 Å². The first-order valence-electron chi connectivity index (χ1n) is 6.93. The first-order valence-corrected chi connectivity index (χ1v) is 6.93. The number of benzene rings is 1. The fraction of sp³-hybridized carbons (Fsp3) is 0.533. The van der Waals surface area contributed by atoms with Crippen LogP contribution in [0.3, 0.4) is 0 Å². The first-order chi connectivity index (χ1) is 9.47. The minimum absolute atomic E-state index is 0.0835. The van der Waals surface area contributed by atoms with Crippen molar-refractivity contribution in [2.45, 2.75) is 45.6 Å². The van der Waals surface area contributed by atoms with Crippen molar-refractivity contribution in [1.82, 2.24) is 0 Å². The fourth-order valence-corrected chi connectivity index (χ4v) is 2.54. The van der Waals surface area contributed by atoms with E-state index in [-0.39, 0.29) is 23.1 Å². The van der Waals surface area contributed by atoms with Gasteiger partial charge in [-0.05, 0) is 44.6 Å². The van der Waals surface area contributed by atoms with Gasteiger partial charge in [0.2, 0.25) is 0 Å². The van der Waals surface area contributed by atoms with Gasteiger partial charge in [-0.2, -0.15) is 0 Å². The Balaban J connectivity index is 2.18. The number of nitrogens with zero attached hydrogens (tertiary/aromatic N) is 1. The van der Waals surface area contributed by atoms with Crippen molar-refractivity contribution in [3.63, 3.8) is 0 Å². The Morgan fingerprint density at radius 1 is 1.30 bits per heavy atom. The zero-order chi connectivity index (χ0) is 14.7. The molecular weight excluding hydrogens is 258 g/mol. The number of carbonyl (C=O) groups excluding carboxylic acids is 1. The molecule has 1 aliphatic carbocycles. The number of non-ortho nitro benzene ring substituents is 1. The van der Waals surface area contributed by atoms with Crippen LogP contribution in [0.4, 0.5) is 5.69 Å². The Kier molecular flexibility index (Phi) is 4.37. The summed E-state index contributed by atoms with van der Waals surface area (Å²) in [5.41, 5.74) is 0.206. The molecule has 1 saturated carbocycles. The summed E-state index contributed by atoms with van der Waals surface area (Å²) in [7, 11) is 0. The summed E-state index contributed by atoms with van der Waals surface area (Å²) in [6.45, 7) is 3.62. The van der Waals surface area contributed by atoms with E-state index in [1.165, 1.54) is 25.1 Å². The molecular formula is C15H19NO4. The lowest BCUT2D eigenvalue weighted by molar-refractivity contribution is -0.384. The predicted molar refractivity (Wildman–Crippen MR) is 75.1 cm³/mol. The van der Waals surface area contributed by atoms with Crippen molar-refractivity contribution in [3.05, 3.63) is 33.9 Å². The number of carbonyl (C=O) groups is 1. The van der Waals surface area contributed by atoms with E-state index in [0.29, 0.717) is 5.75 Å². The highest BCUT2D eigenvalue weighted by molar-refractivity contribution is 5.97. The van der Waals surface area contributed by atoms with E-state index in [9.17, 15) is 14.9 Å². The van der Waals surface area contributed by atoms with Crippen molar-refractivity contribution in [3.8, 4) is 5.75 Å². The van der Waals surface area contributed by atoms with E-state index in [4.69, 9.17) is 4.74 Å². The number of hydrogen-bond acceptors (Lipinski definition) is 4. The largest absolute Gasteiger partial charge is 0.490 e. The molecule has 0 heterocycles. The van der Waals surface area contributed by atoms with Crippen molar-refractivity contribution in [1.29, 1.82) is 0 Å². The van der Waals surface area contributed by atoms with E-state index in [1.54, 1.807) is 0 Å². The van der Waals surface area contributed by atoms with Crippen LogP contribution in [0.2, 0.25) is 0 Å². The zero-order valence-electron chi connectivity index (χ0n) is 11.8. The summed E-state index contributed by atoms with van der Waals surface area (Å²) in [6, 6.07) is 4.21. The molecule has 1 aromatic rings. The van der Waals surface area contributed by atoms with Gasteiger partial charge in [-0.3, -0.25) is 14.9 Å². The Morgan fingerprint density at radius 3 is 2.50 bits per heavy atom. The Bertz CT molecular complexity index is 519. The first kappa shape index (κ1) is 14.5. The molecule has 0 N–H and O–H groups in total. The molecule has 0 unspecified atom stereocenters. The second kappa shape index (κ2) is 6.03. The number of nitro groups is 1. The van der Waals surface area contributed by atoms with E-state index in [1.807, 2.05) is 0 Å². The maximum absolute atomic E-state index is 11.6. The van der Waals surface area contributed by atoms with Crippen molar-refractivity contribution >= 4 is 11.5 Å². The van der Waals surface area contributed by atoms with Crippen LogP contribution in [-0.2, 0) is 0 Å². The molecule has 1 fully saturated rings. The van der Waals surface area contributed by atoms with Crippen LogP contribution in [0.1, 0.15) is 49.9 Å². The average molecular weight is 277 g/mol. The second-order valence-electron chi connectivity index (χ2n) is 5.49. The number of hydrogen-bond donors (Lipinski definition) is 0. The highest BCUT2D eigenvalue weighted by Crippen LogP contribution is 2.30. The number of ketones is 1. The van der Waals surface area contributed by atoms with Gasteiger partial charge in [-0.25, -0.2) is 0 Å². The molecule has 20 heavy (non-hydrogen) atoms. The van der Waals surface area contributed by atoms with Gasteiger partial charge >= 0.3 is 0 Å². The quantitative estimate of drug-likeness (QED) is 0.477. The molecule has 0 aliphatic heterocycles. The lowest BCUT2D eigenvalue weighted by Gasteiger charge is -2.27. The number of Topliss-reactive ketones (excluding diaryl/α,β-unsaturated/α-hetero) is 1. The molecule has 0 atom stereocenters. The minimum atomic E-state index is -0.501. The predicted octanol–water partition coefficient (Wildman–Crippen LogP) is 3.75. The zero-order valence-corrected chi connectivity index (χ0v) is 11.8. The summed E-state index contributed by atoms with van der Waals surface area (Å²) in [6.07, 6.45) is 4.27. The smallest absolute Gasteiger partial charge is 0.270 e. The molecule has 0 amide bonds.